The number of rotatable bonds is 2. The second-order valence-electron chi connectivity index (χ2n) is 3.33. The molecule has 5 heteroatoms. The Morgan fingerprint density at radius 2 is 1.82 bits per heavy atom. The van der Waals surface area contributed by atoms with E-state index in [1.54, 1.807) is 30.3 Å². The first-order valence-electron chi connectivity index (χ1n) is 4.83. The molecule has 1 heterocycles. The summed E-state index contributed by atoms with van der Waals surface area (Å²) in [7, 11) is 0. The molecule has 1 amide bonds. The molecule has 0 fully saturated rings. The summed E-state index contributed by atoms with van der Waals surface area (Å²) in [5.41, 5.74) is 1.13. The first-order chi connectivity index (χ1) is 8.15. The summed E-state index contributed by atoms with van der Waals surface area (Å²) in [6.45, 7) is 0. The van der Waals surface area contributed by atoms with Crippen LogP contribution < -0.4 is 5.32 Å². The number of halogens is 2. The molecule has 0 atom stereocenters. The van der Waals surface area contributed by atoms with Gasteiger partial charge in [-0.3, -0.25) is 4.79 Å². The van der Waals surface area contributed by atoms with Crippen molar-refractivity contribution in [2.45, 2.75) is 0 Å². The van der Waals surface area contributed by atoms with Crippen LogP contribution in [0.1, 0.15) is 10.4 Å². The highest BCUT2D eigenvalue weighted by Crippen LogP contribution is 2.15. The lowest BCUT2D eigenvalue weighted by molar-refractivity contribution is 0.102. The average Bonchev–Trinajstić information content (AvgIpc) is 2.32. The van der Waals surface area contributed by atoms with Crippen molar-refractivity contribution in [3.63, 3.8) is 0 Å². The third kappa shape index (κ3) is 3.19. The van der Waals surface area contributed by atoms with E-state index in [2.05, 4.69) is 10.3 Å². The second kappa shape index (κ2) is 5.17. The van der Waals surface area contributed by atoms with Crippen molar-refractivity contribution in [2.75, 3.05) is 5.32 Å². The van der Waals surface area contributed by atoms with Gasteiger partial charge in [0, 0.05) is 22.5 Å². The Hall–Kier alpha value is -1.58. The van der Waals surface area contributed by atoms with Crippen molar-refractivity contribution in [2.24, 2.45) is 0 Å². The van der Waals surface area contributed by atoms with Gasteiger partial charge < -0.3 is 5.32 Å². The van der Waals surface area contributed by atoms with E-state index in [9.17, 15) is 4.79 Å². The fourth-order valence-electron chi connectivity index (χ4n) is 1.28. The Balaban J connectivity index is 2.14. The lowest BCUT2D eigenvalue weighted by Crippen LogP contribution is -2.11. The number of carbonyl (C=O) groups excluding carboxylic acids is 1. The number of hydrogen-bond acceptors (Lipinski definition) is 2. The molecule has 0 bridgehead atoms. The molecule has 0 spiro atoms. The quantitative estimate of drug-likeness (QED) is 0.844. The number of amides is 1. The molecule has 0 aliphatic carbocycles. The highest BCUT2D eigenvalue weighted by atomic mass is 35.5. The molecule has 17 heavy (non-hydrogen) atoms. The smallest absolute Gasteiger partial charge is 0.255 e. The number of pyridine rings is 1. The molecule has 0 saturated carbocycles. The van der Waals surface area contributed by atoms with E-state index in [1.165, 1.54) is 12.3 Å². The maximum Gasteiger partial charge on any atom is 0.255 e. The molecular formula is C12H8Cl2N2O. The number of nitrogens with zero attached hydrogens (tertiary/aromatic N) is 1. The van der Waals surface area contributed by atoms with Gasteiger partial charge in [-0.2, -0.15) is 0 Å². The summed E-state index contributed by atoms with van der Waals surface area (Å²) in [4.78, 5) is 15.6. The molecule has 0 radical (unpaired) electrons. The van der Waals surface area contributed by atoms with E-state index in [0.29, 0.717) is 16.3 Å². The summed E-state index contributed by atoms with van der Waals surface area (Å²) < 4.78 is 0. The molecule has 0 saturated heterocycles. The SMILES string of the molecule is O=C(Nc1ccc(Cl)cc1)c1ccnc(Cl)c1. The Labute approximate surface area is 108 Å². The standard InChI is InChI=1S/C12H8Cl2N2O/c13-9-1-3-10(4-2-9)16-12(17)8-5-6-15-11(14)7-8/h1-7H,(H,16,17). The van der Waals surface area contributed by atoms with Gasteiger partial charge in [0.25, 0.3) is 5.91 Å². The molecule has 0 aliphatic rings. The highest BCUT2D eigenvalue weighted by Gasteiger charge is 2.06. The lowest BCUT2D eigenvalue weighted by atomic mass is 10.2. The van der Waals surface area contributed by atoms with Crippen molar-refractivity contribution < 1.29 is 4.79 Å². The summed E-state index contributed by atoms with van der Waals surface area (Å²) in [6, 6.07) is 9.96. The minimum atomic E-state index is -0.239. The van der Waals surface area contributed by atoms with Crippen LogP contribution in [0.2, 0.25) is 10.2 Å². The number of benzene rings is 1. The lowest BCUT2D eigenvalue weighted by Gasteiger charge is -2.05. The van der Waals surface area contributed by atoms with E-state index >= 15 is 0 Å². The maximum atomic E-state index is 11.8. The molecular weight excluding hydrogens is 259 g/mol. The minimum Gasteiger partial charge on any atom is -0.322 e. The molecule has 1 aromatic carbocycles. The number of hydrogen-bond donors (Lipinski definition) is 1. The van der Waals surface area contributed by atoms with Crippen LogP contribution in [0.4, 0.5) is 5.69 Å². The van der Waals surface area contributed by atoms with Gasteiger partial charge in [-0.1, -0.05) is 23.2 Å². The van der Waals surface area contributed by atoms with E-state index in [4.69, 9.17) is 23.2 Å². The zero-order valence-corrected chi connectivity index (χ0v) is 10.2. The molecule has 0 aliphatic heterocycles. The highest BCUT2D eigenvalue weighted by molar-refractivity contribution is 6.30. The van der Waals surface area contributed by atoms with Gasteiger partial charge in [-0.25, -0.2) is 4.98 Å². The number of nitrogens with one attached hydrogen (secondary N) is 1. The van der Waals surface area contributed by atoms with Crippen molar-refractivity contribution in [1.82, 2.24) is 4.98 Å². The van der Waals surface area contributed by atoms with Crippen LogP contribution in [-0.2, 0) is 0 Å². The van der Waals surface area contributed by atoms with Crippen molar-refractivity contribution in [1.29, 1.82) is 0 Å². The Bertz CT molecular complexity index is 540. The van der Waals surface area contributed by atoms with Crippen LogP contribution >= 0.6 is 23.2 Å². The van der Waals surface area contributed by atoms with E-state index in [1.807, 2.05) is 0 Å². The molecule has 2 rings (SSSR count). The number of anilines is 1. The van der Waals surface area contributed by atoms with Gasteiger partial charge in [0.2, 0.25) is 0 Å². The third-order valence-electron chi connectivity index (χ3n) is 2.09. The van der Waals surface area contributed by atoms with E-state index in [0.717, 1.165) is 0 Å². The Kier molecular flexibility index (Phi) is 3.61. The molecule has 1 aromatic heterocycles. The molecule has 2 aromatic rings. The average molecular weight is 267 g/mol. The van der Waals surface area contributed by atoms with Crippen LogP contribution in [-0.4, -0.2) is 10.9 Å². The van der Waals surface area contributed by atoms with Crippen LogP contribution in [0.15, 0.2) is 42.6 Å². The minimum absolute atomic E-state index is 0.239. The maximum absolute atomic E-state index is 11.8. The van der Waals surface area contributed by atoms with Crippen LogP contribution in [0.5, 0.6) is 0 Å². The first-order valence-corrected chi connectivity index (χ1v) is 5.59. The monoisotopic (exact) mass is 266 g/mol. The number of aromatic nitrogens is 1. The van der Waals surface area contributed by atoms with Gasteiger partial charge >= 0.3 is 0 Å². The largest absolute Gasteiger partial charge is 0.322 e. The number of carbonyl (C=O) groups is 1. The van der Waals surface area contributed by atoms with Gasteiger partial charge in [0.15, 0.2) is 0 Å². The first kappa shape index (κ1) is 11.9. The summed E-state index contributed by atoms with van der Waals surface area (Å²) in [6.07, 6.45) is 1.49. The van der Waals surface area contributed by atoms with Crippen molar-refractivity contribution >= 4 is 34.8 Å². The van der Waals surface area contributed by atoms with E-state index in [-0.39, 0.29) is 11.1 Å². The zero-order valence-electron chi connectivity index (χ0n) is 8.65. The molecule has 86 valence electrons. The fourth-order valence-corrected chi connectivity index (χ4v) is 1.58. The molecule has 1 N–H and O–H groups in total. The molecule has 3 nitrogen and oxygen atoms in total. The Morgan fingerprint density at radius 1 is 1.12 bits per heavy atom. The van der Waals surface area contributed by atoms with Gasteiger partial charge in [0.1, 0.15) is 5.15 Å². The summed E-state index contributed by atoms with van der Waals surface area (Å²) >= 11 is 11.5. The summed E-state index contributed by atoms with van der Waals surface area (Å²) in [5, 5.41) is 3.63. The van der Waals surface area contributed by atoms with Gasteiger partial charge in [0.05, 0.1) is 0 Å². The van der Waals surface area contributed by atoms with Crippen molar-refractivity contribution in [3.8, 4) is 0 Å². The van der Waals surface area contributed by atoms with E-state index < -0.39 is 0 Å². The predicted molar refractivity (Wildman–Crippen MR) is 68.7 cm³/mol. The van der Waals surface area contributed by atoms with Crippen molar-refractivity contribution in [3.05, 3.63) is 58.3 Å². The van der Waals surface area contributed by atoms with Gasteiger partial charge in [-0.05, 0) is 36.4 Å². The fraction of sp³-hybridized carbons (Fsp3) is 0. The Morgan fingerprint density at radius 3 is 2.47 bits per heavy atom. The van der Waals surface area contributed by atoms with Crippen LogP contribution in [0.25, 0.3) is 0 Å². The van der Waals surface area contributed by atoms with Gasteiger partial charge in [-0.15, -0.1) is 0 Å². The topological polar surface area (TPSA) is 42.0 Å². The normalized spacial score (nSPS) is 10.0. The predicted octanol–water partition coefficient (Wildman–Crippen LogP) is 3.64. The zero-order chi connectivity index (χ0) is 12.3. The van der Waals surface area contributed by atoms with Crippen LogP contribution in [0, 0.1) is 0 Å². The summed E-state index contributed by atoms with van der Waals surface area (Å²) in [5.74, 6) is -0.239. The third-order valence-corrected chi connectivity index (χ3v) is 2.55. The molecule has 0 unspecified atom stereocenters. The van der Waals surface area contributed by atoms with Crippen LogP contribution in [0.3, 0.4) is 0 Å². The second-order valence-corrected chi connectivity index (χ2v) is 4.15.